The number of rotatable bonds is 4. The second-order valence-corrected chi connectivity index (χ2v) is 7.09. The summed E-state index contributed by atoms with van der Waals surface area (Å²) < 4.78 is 15.5. The van der Waals surface area contributed by atoms with Gasteiger partial charge in [0, 0.05) is 25.1 Å². The van der Waals surface area contributed by atoms with Crippen molar-refractivity contribution in [3.63, 3.8) is 0 Å². The molecule has 0 spiro atoms. The van der Waals surface area contributed by atoms with Crippen LogP contribution in [-0.4, -0.2) is 15.5 Å². The predicted octanol–water partition coefficient (Wildman–Crippen LogP) is 4.24. The number of carbonyl (C=O) groups is 1. The SMILES string of the molecule is CC(NC(=O)c1cn2c(n1)CCC(c1cccc(F)c1)C2)c1ccccc1. The molecule has 1 amide bonds. The monoisotopic (exact) mass is 363 g/mol. The van der Waals surface area contributed by atoms with Crippen molar-refractivity contribution in [1.82, 2.24) is 14.9 Å². The van der Waals surface area contributed by atoms with E-state index in [9.17, 15) is 9.18 Å². The highest BCUT2D eigenvalue weighted by Gasteiger charge is 2.24. The van der Waals surface area contributed by atoms with Gasteiger partial charge in [-0.15, -0.1) is 0 Å². The van der Waals surface area contributed by atoms with Gasteiger partial charge in [0.05, 0.1) is 6.04 Å². The Balaban J connectivity index is 1.47. The Morgan fingerprint density at radius 1 is 1.22 bits per heavy atom. The molecule has 2 atom stereocenters. The number of imidazole rings is 1. The lowest BCUT2D eigenvalue weighted by Gasteiger charge is -2.24. The number of carbonyl (C=O) groups excluding carboxylic acids is 1. The fraction of sp³-hybridized carbons (Fsp3) is 0.273. The minimum atomic E-state index is -0.209. The maximum atomic E-state index is 13.5. The summed E-state index contributed by atoms with van der Waals surface area (Å²) in [5.41, 5.74) is 2.49. The first-order valence-electron chi connectivity index (χ1n) is 9.27. The van der Waals surface area contributed by atoms with E-state index in [1.807, 2.05) is 54.1 Å². The van der Waals surface area contributed by atoms with E-state index < -0.39 is 0 Å². The Bertz CT molecular complexity index is 951. The van der Waals surface area contributed by atoms with E-state index in [0.29, 0.717) is 12.2 Å². The molecule has 1 N–H and O–H groups in total. The van der Waals surface area contributed by atoms with Crippen molar-refractivity contribution in [2.45, 2.75) is 38.3 Å². The van der Waals surface area contributed by atoms with E-state index in [0.717, 1.165) is 29.8 Å². The molecule has 0 saturated heterocycles. The van der Waals surface area contributed by atoms with Crippen LogP contribution in [0.4, 0.5) is 4.39 Å². The summed E-state index contributed by atoms with van der Waals surface area (Å²) >= 11 is 0. The standard InChI is InChI=1S/C22H22FN3O/c1-15(16-6-3-2-4-7-16)24-22(27)20-14-26-13-18(10-11-21(26)25-20)17-8-5-9-19(23)12-17/h2-9,12,14-15,18H,10-11,13H2,1H3,(H,24,27). The van der Waals surface area contributed by atoms with E-state index in [4.69, 9.17) is 0 Å². The molecule has 0 saturated carbocycles. The molecule has 2 unspecified atom stereocenters. The maximum absolute atomic E-state index is 13.5. The van der Waals surface area contributed by atoms with E-state index in [-0.39, 0.29) is 23.7 Å². The van der Waals surface area contributed by atoms with Gasteiger partial charge in [0.2, 0.25) is 0 Å². The Morgan fingerprint density at radius 3 is 2.81 bits per heavy atom. The normalized spacial score (nSPS) is 17.2. The molecule has 4 nitrogen and oxygen atoms in total. The molecule has 0 radical (unpaired) electrons. The van der Waals surface area contributed by atoms with Gasteiger partial charge in [-0.3, -0.25) is 4.79 Å². The van der Waals surface area contributed by atoms with Crippen molar-refractivity contribution in [2.75, 3.05) is 0 Å². The average molecular weight is 363 g/mol. The Morgan fingerprint density at radius 2 is 2.04 bits per heavy atom. The van der Waals surface area contributed by atoms with Crippen LogP contribution in [0, 0.1) is 5.82 Å². The summed E-state index contributed by atoms with van der Waals surface area (Å²) in [7, 11) is 0. The highest BCUT2D eigenvalue weighted by molar-refractivity contribution is 5.92. The van der Waals surface area contributed by atoms with Gasteiger partial charge in [0.15, 0.2) is 0 Å². The molecule has 0 fully saturated rings. The summed E-state index contributed by atoms with van der Waals surface area (Å²) in [5, 5.41) is 3.01. The van der Waals surface area contributed by atoms with Crippen LogP contribution in [0.3, 0.4) is 0 Å². The molecule has 2 heterocycles. The second-order valence-electron chi connectivity index (χ2n) is 7.09. The van der Waals surface area contributed by atoms with E-state index >= 15 is 0 Å². The molecule has 5 heteroatoms. The Hall–Kier alpha value is -2.95. The first-order valence-corrected chi connectivity index (χ1v) is 9.27. The molecule has 1 aliphatic heterocycles. The van der Waals surface area contributed by atoms with Crippen LogP contribution in [0.15, 0.2) is 60.8 Å². The van der Waals surface area contributed by atoms with Crippen molar-refractivity contribution in [3.05, 3.63) is 89.3 Å². The molecule has 3 aromatic rings. The van der Waals surface area contributed by atoms with Gasteiger partial charge in [-0.05, 0) is 36.6 Å². The van der Waals surface area contributed by atoms with Gasteiger partial charge in [-0.2, -0.15) is 0 Å². The number of nitrogens with zero attached hydrogens (tertiary/aromatic N) is 2. The van der Waals surface area contributed by atoms with Crippen LogP contribution < -0.4 is 5.32 Å². The molecule has 1 aliphatic rings. The molecule has 27 heavy (non-hydrogen) atoms. The fourth-order valence-electron chi connectivity index (χ4n) is 3.68. The molecular weight excluding hydrogens is 341 g/mol. The summed E-state index contributed by atoms with van der Waals surface area (Å²) in [5.74, 6) is 0.774. The van der Waals surface area contributed by atoms with Crippen molar-refractivity contribution >= 4 is 5.91 Å². The zero-order valence-corrected chi connectivity index (χ0v) is 15.2. The van der Waals surface area contributed by atoms with Crippen molar-refractivity contribution in [3.8, 4) is 0 Å². The third-order valence-electron chi connectivity index (χ3n) is 5.19. The van der Waals surface area contributed by atoms with Crippen LogP contribution in [0.1, 0.15) is 52.7 Å². The van der Waals surface area contributed by atoms with Crippen molar-refractivity contribution < 1.29 is 9.18 Å². The number of aromatic nitrogens is 2. The molecule has 4 rings (SSSR count). The van der Waals surface area contributed by atoms with E-state index in [1.165, 1.54) is 6.07 Å². The molecule has 138 valence electrons. The quantitative estimate of drug-likeness (QED) is 0.753. The third-order valence-corrected chi connectivity index (χ3v) is 5.19. The summed E-state index contributed by atoms with van der Waals surface area (Å²) in [6, 6.07) is 16.5. The number of aryl methyl sites for hydroxylation is 1. The van der Waals surface area contributed by atoms with Gasteiger partial charge in [-0.25, -0.2) is 9.37 Å². The van der Waals surface area contributed by atoms with Crippen molar-refractivity contribution in [1.29, 1.82) is 0 Å². The van der Waals surface area contributed by atoms with Gasteiger partial charge in [0.25, 0.3) is 5.91 Å². The van der Waals surface area contributed by atoms with Gasteiger partial charge < -0.3 is 9.88 Å². The Labute approximate surface area is 158 Å². The zero-order valence-electron chi connectivity index (χ0n) is 15.2. The first-order chi connectivity index (χ1) is 13.1. The summed E-state index contributed by atoms with van der Waals surface area (Å²) in [4.78, 5) is 17.1. The van der Waals surface area contributed by atoms with Crippen LogP contribution >= 0.6 is 0 Å². The molecule has 1 aromatic heterocycles. The third kappa shape index (κ3) is 3.77. The zero-order chi connectivity index (χ0) is 18.8. The van der Waals surface area contributed by atoms with E-state index in [2.05, 4.69) is 10.3 Å². The Kier molecular flexibility index (Phi) is 4.75. The minimum absolute atomic E-state index is 0.0857. The summed E-state index contributed by atoms with van der Waals surface area (Å²) in [6.07, 6.45) is 3.50. The molecular formula is C22H22FN3O. The number of nitrogens with one attached hydrogen (secondary N) is 1. The highest BCUT2D eigenvalue weighted by Crippen LogP contribution is 2.29. The second kappa shape index (κ2) is 7.35. The maximum Gasteiger partial charge on any atom is 0.271 e. The lowest BCUT2D eigenvalue weighted by atomic mass is 9.91. The topological polar surface area (TPSA) is 46.9 Å². The largest absolute Gasteiger partial charge is 0.344 e. The van der Waals surface area contributed by atoms with E-state index in [1.54, 1.807) is 12.1 Å². The summed E-state index contributed by atoms with van der Waals surface area (Å²) in [6.45, 7) is 2.68. The molecule has 2 aromatic carbocycles. The van der Waals surface area contributed by atoms with Crippen LogP contribution in [0.25, 0.3) is 0 Å². The fourth-order valence-corrected chi connectivity index (χ4v) is 3.68. The smallest absolute Gasteiger partial charge is 0.271 e. The number of hydrogen-bond acceptors (Lipinski definition) is 2. The molecule has 0 bridgehead atoms. The number of halogens is 1. The van der Waals surface area contributed by atoms with Gasteiger partial charge in [0.1, 0.15) is 17.3 Å². The molecule has 0 aliphatic carbocycles. The minimum Gasteiger partial charge on any atom is -0.344 e. The first kappa shape index (κ1) is 17.5. The van der Waals surface area contributed by atoms with Gasteiger partial charge in [-0.1, -0.05) is 42.5 Å². The highest BCUT2D eigenvalue weighted by atomic mass is 19.1. The number of benzene rings is 2. The number of amides is 1. The van der Waals surface area contributed by atoms with Crippen LogP contribution in [0.5, 0.6) is 0 Å². The van der Waals surface area contributed by atoms with Gasteiger partial charge >= 0.3 is 0 Å². The van der Waals surface area contributed by atoms with Crippen LogP contribution in [-0.2, 0) is 13.0 Å². The lowest BCUT2D eigenvalue weighted by Crippen LogP contribution is -2.26. The lowest BCUT2D eigenvalue weighted by molar-refractivity contribution is 0.0935. The predicted molar refractivity (Wildman–Crippen MR) is 102 cm³/mol. The number of fused-ring (bicyclic) bond motifs is 1. The average Bonchev–Trinajstić information content (AvgIpc) is 3.12. The van der Waals surface area contributed by atoms with Crippen LogP contribution in [0.2, 0.25) is 0 Å². The number of hydrogen-bond donors (Lipinski definition) is 1. The van der Waals surface area contributed by atoms with Crippen molar-refractivity contribution in [2.24, 2.45) is 0 Å².